The summed E-state index contributed by atoms with van der Waals surface area (Å²) in [5, 5.41) is 23.1. The molecular formula is C26H32N8O4S3. The zero-order valence-corrected chi connectivity index (χ0v) is 25.6. The van der Waals surface area contributed by atoms with Gasteiger partial charge in [-0.3, -0.25) is 8.42 Å². The minimum atomic E-state index is -5.17. The second kappa shape index (κ2) is 15.4. The Morgan fingerprint density at radius 2 is 1.02 bits per heavy atom. The highest BCUT2D eigenvalue weighted by molar-refractivity contribution is 7.79. The molecule has 15 heteroatoms. The van der Waals surface area contributed by atoms with Crippen LogP contribution in [-0.4, -0.2) is 44.7 Å². The summed E-state index contributed by atoms with van der Waals surface area (Å²) in [6.07, 6.45) is 6.18. The molecule has 0 amide bonds. The van der Waals surface area contributed by atoms with Crippen molar-refractivity contribution >= 4 is 66.1 Å². The predicted molar refractivity (Wildman–Crippen MR) is 158 cm³/mol. The van der Waals surface area contributed by atoms with Crippen LogP contribution in [0.1, 0.15) is 12.8 Å². The van der Waals surface area contributed by atoms with Crippen molar-refractivity contribution in [3.8, 4) is 0 Å². The lowest BCUT2D eigenvalue weighted by molar-refractivity contribution is -0.654. The van der Waals surface area contributed by atoms with Crippen LogP contribution in [0.15, 0.2) is 92.1 Å². The second-order valence-corrected chi connectivity index (χ2v) is 11.5. The number of benzene rings is 2. The lowest BCUT2D eigenvalue weighted by Gasteiger charge is -2.22. The number of anilines is 2. The Hall–Kier alpha value is -3.63. The van der Waals surface area contributed by atoms with Crippen molar-refractivity contribution in [1.29, 1.82) is 0 Å². The van der Waals surface area contributed by atoms with Crippen LogP contribution in [0.4, 0.5) is 33.0 Å². The summed E-state index contributed by atoms with van der Waals surface area (Å²) in [7, 11) is 3.04. The fourth-order valence-corrected chi connectivity index (χ4v) is 4.91. The molecular weight excluding hydrogens is 585 g/mol. The molecule has 41 heavy (non-hydrogen) atoms. The molecule has 0 unspecified atom stereocenters. The minimum absolute atomic E-state index is 0.857. The van der Waals surface area contributed by atoms with E-state index in [1.807, 2.05) is 70.6 Å². The van der Waals surface area contributed by atoms with E-state index in [-0.39, 0.29) is 0 Å². The Morgan fingerprint density at radius 1 is 0.683 bits per heavy atom. The van der Waals surface area contributed by atoms with E-state index in [0.29, 0.717) is 0 Å². The highest BCUT2D eigenvalue weighted by Crippen LogP contribution is 2.24. The van der Waals surface area contributed by atoms with E-state index in [1.165, 1.54) is 11.4 Å². The highest BCUT2D eigenvalue weighted by atomic mass is 32.3. The highest BCUT2D eigenvalue weighted by Gasteiger charge is 2.09. The molecule has 0 spiro atoms. The molecule has 2 aromatic carbocycles. The number of hydrogen-bond acceptors (Lipinski definition) is 12. The topological polar surface area (TPSA) is 144 Å². The maximum absolute atomic E-state index is 8.52. The Labute approximate surface area is 248 Å². The third kappa shape index (κ3) is 11.4. The summed E-state index contributed by atoms with van der Waals surface area (Å²) in [6, 6.07) is 16.5. The molecule has 2 heterocycles. The summed E-state index contributed by atoms with van der Waals surface area (Å²) in [4.78, 5) is 4.57. The maximum Gasteiger partial charge on any atom is 0.408 e. The predicted octanol–water partition coefficient (Wildman–Crippen LogP) is 5.30. The molecule has 12 nitrogen and oxygen atoms in total. The summed E-state index contributed by atoms with van der Waals surface area (Å²) >= 11 is 3.15. The molecule has 2 aromatic heterocycles. The zero-order valence-electron chi connectivity index (χ0n) is 23.2. The van der Waals surface area contributed by atoms with Crippen LogP contribution in [0.25, 0.3) is 0 Å². The molecule has 0 saturated carbocycles. The molecule has 218 valence electrons. The Kier molecular flexibility index (Phi) is 12.0. The van der Waals surface area contributed by atoms with Gasteiger partial charge in [-0.15, -0.1) is 0 Å². The molecule has 0 N–H and O–H groups in total. The first-order chi connectivity index (χ1) is 19.5. The van der Waals surface area contributed by atoms with Gasteiger partial charge in [0.25, 0.3) is 0 Å². The molecule has 0 aliphatic rings. The number of aryl methyl sites for hydroxylation is 2. The molecule has 0 aliphatic heterocycles. The molecule has 4 aromatic rings. The average molecular weight is 617 g/mol. The Balaban J connectivity index is 0.000000850. The quantitative estimate of drug-likeness (QED) is 0.0735. The smallest absolute Gasteiger partial charge is 0.408 e. The third-order valence-electron chi connectivity index (χ3n) is 5.84. The van der Waals surface area contributed by atoms with Crippen molar-refractivity contribution < 1.29 is 26.7 Å². The lowest BCUT2D eigenvalue weighted by Crippen LogP contribution is -2.23. The van der Waals surface area contributed by atoms with E-state index in [1.54, 1.807) is 22.7 Å². The Bertz CT molecular complexity index is 1430. The first kappa shape index (κ1) is 31.9. The van der Waals surface area contributed by atoms with E-state index >= 15 is 0 Å². The van der Waals surface area contributed by atoms with Gasteiger partial charge < -0.3 is 18.9 Å². The van der Waals surface area contributed by atoms with Crippen LogP contribution in [0.3, 0.4) is 0 Å². The first-order valence-electron chi connectivity index (χ1n) is 12.5. The van der Waals surface area contributed by atoms with Crippen LogP contribution >= 0.6 is 22.7 Å². The number of nitrogens with zero attached hydrogens (tertiary/aromatic N) is 8. The van der Waals surface area contributed by atoms with E-state index in [9.17, 15) is 0 Å². The lowest BCUT2D eigenvalue weighted by atomic mass is 10.2. The van der Waals surface area contributed by atoms with Gasteiger partial charge in [0.15, 0.2) is 0 Å². The minimum Gasteiger partial charge on any atom is -0.759 e. The average Bonchev–Trinajstić information content (AvgIpc) is 3.55. The van der Waals surface area contributed by atoms with Crippen molar-refractivity contribution in [3.63, 3.8) is 0 Å². The molecule has 0 aliphatic carbocycles. The van der Waals surface area contributed by atoms with E-state index in [4.69, 9.17) is 17.5 Å². The van der Waals surface area contributed by atoms with E-state index < -0.39 is 10.4 Å². The van der Waals surface area contributed by atoms with Crippen molar-refractivity contribution in [2.24, 2.45) is 34.6 Å². The normalized spacial score (nSPS) is 11.6. The first-order valence-corrected chi connectivity index (χ1v) is 15.6. The molecule has 0 fully saturated rings. The molecule has 0 atom stereocenters. The maximum atomic E-state index is 8.52. The monoisotopic (exact) mass is 616 g/mol. The summed E-state index contributed by atoms with van der Waals surface area (Å²) in [5.74, 6) is 0. The van der Waals surface area contributed by atoms with Gasteiger partial charge in [-0.05, 0) is 94.3 Å². The van der Waals surface area contributed by atoms with Crippen molar-refractivity contribution in [1.82, 2.24) is 0 Å². The van der Waals surface area contributed by atoms with Gasteiger partial charge >= 0.3 is 10.3 Å². The Morgan fingerprint density at radius 3 is 1.32 bits per heavy atom. The van der Waals surface area contributed by atoms with Gasteiger partial charge in [0, 0.05) is 59.7 Å². The fourth-order valence-electron chi connectivity index (χ4n) is 3.55. The van der Waals surface area contributed by atoms with Gasteiger partial charge in [-0.1, -0.05) is 0 Å². The largest absolute Gasteiger partial charge is 0.759 e. The van der Waals surface area contributed by atoms with Gasteiger partial charge in [0.2, 0.25) is 0 Å². The number of aromatic nitrogens is 2. The van der Waals surface area contributed by atoms with E-state index in [0.717, 1.165) is 47.6 Å². The number of unbranched alkanes of at least 4 members (excludes halogenated alkanes) is 1. The molecule has 4 rings (SSSR count). The van der Waals surface area contributed by atoms with Crippen LogP contribution in [-0.2, 0) is 24.5 Å². The van der Waals surface area contributed by atoms with Crippen LogP contribution < -0.4 is 18.9 Å². The summed E-state index contributed by atoms with van der Waals surface area (Å²) < 4.78 is 38.0. The number of rotatable bonds is 11. The fraction of sp³-hybridized carbons (Fsp3) is 0.308. The van der Waals surface area contributed by atoms with Gasteiger partial charge in [-0.25, -0.2) is 9.13 Å². The van der Waals surface area contributed by atoms with Gasteiger partial charge in [-0.2, -0.15) is 0 Å². The SMILES string of the molecule is CN(CCCCN(C)c1ccc(N=Nc2scc[n+]2C)cc1)c1ccc(N=Nc2scc[n+]2C)cc1.O=S(=O)([O-])[O-]. The molecule has 0 bridgehead atoms. The zero-order chi connectivity index (χ0) is 29.8. The van der Waals surface area contributed by atoms with Crippen molar-refractivity contribution in [2.75, 3.05) is 37.0 Å². The van der Waals surface area contributed by atoms with Crippen LogP contribution in [0, 0.1) is 0 Å². The number of hydrogen-bond donors (Lipinski definition) is 0. The third-order valence-corrected chi connectivity index (χ3v) is 7.52. The van der Waals surface area contributed by atoms with Crippen molar-refractivity contribution in [2.45, 2.75) is 12.8 Å². The summed E-state index contributed by atoms with van der Waals surface area (Å²) in [5.41, 5.74) is 4.08. The molecule has 0 saturated heterocycles. The summed E-state index contributed by atoms with van der Waals surface area (Å²) in [6.45, 7) is 2.00. The number of thiazole rings is 2. The van der Waals surface area contributed by atoms with E-state index in [2.05, 4.69) is 68.6 Å². The standard InChI is InChI=1S/C26H32N8S2.H2O4S/c1-31(23-11-7-21(8-12-23)27-29-25-33(3)17-19-35-25)15-5-6-16-32(2)24-13-9-22(10-14-24)28-30-26-34(4)18-20-36-26;1-5(2,3)4/h7-14,17-20H,5-6,15-16H2,1-4H3;(H2,1,2,3,4)/q+2;/p-2. The van der Waals surface area contributed by atoms with Crippen LogP contribution in [0.5, 0.6) is 0 Å². The van der Waals surface area contributed by atoms with Gasteiger partial charge in [0.05, 0.1) is 24.3 Å². The van der Waals surface area contributed by atoms with Gasteiger partial charge in [0.1, 0.15) is 23.8 Å². The number of azo groups is 2. The molecule has 0 radical (unpaired) electrons. The van der Waals surface area contributed by atoms with Crippen LogP contribution in [0.2, 0.25) is 0 Å². The van der Waals surface area contributed by atoms with Crippen molar-refractivity contribution in [3.05, 3.63) is 71.7 Å². The second-order valence-electron chi connectivity index (χ2n) is 8.98.